The predicted octanol–water partition coefficient (Wildman–Crippen LogP) is -0.669. The molecule has 80 valence electrons. The summed E-state index contributed by atoms with van der Waals surface area (Å²) in [6.45, 7) is 4.34. The SMILES string of the molecule is C=C1[C@H](CO)[C@H]1Cn1ccc(=O)[nH]c1=O. The van der Waals surface area contributed by atoms with E-state index >= 15 is 0 Å². The summed E-state index contributed by atoms with van der Waals surface area (Å²) in [6, 6.07) is 1.31. The number of hydrogen-bond acceptors (Lipinski definition) is 3. The van der Waals surface area contributed by atoms with Gasteiger partial charge < -0.3 is 5.11 Å². The highest BCUT2D eigenvalue weighted by molar-refractivity contribution is 5.25. The molecule has 0 spiro atoms. The molecule has 1 aromatic rings. The zero-order valence-corrected chi connectivity index (χ0v) is 8.14. The Morgan fingerprint density at radius 1 is 1.47 bits per heavy atom. The van der Waals surface area contributed by atoms with Crippen molar-refractivity contribution in [2.45, 2.75) is 6.54 Å². The van der Waals surface area contributed by atoms with Crippen molar-refractivity contribution in [1.29, 1.82) is 0 Å². The Kier molecular flexibility index (Phi) is 2.32. The van der Waals surface area contributed by atoms with Crippen molar-refractivity contribution in [1.82, 2.24) is 9.55 Å². The van der Waals surface area contributed by atoms with Crippen LogP contribution in [-0.4, -0.2) is 21.3 Å². The van der Waals surface area contributed by atoms with Gasteiger partial charge in [0.15, 0.2) is 0 Å². The van der Waals surface area contributed by atoms with Crippen molar-refractivity contribution in [3.63, 3.8) is 0 Å². The van der Waals surface area contributed by atoms with Crippen LogP contribution < -0.4 is 11.2 Å². The second-order valence-corrected chi connectivity index (χ2v) is 3.73. The van der Waals surface area contributed by atoms with Crippen LogP contribution in [0.4, 0.5) is 0 Å². The van der Waals surface area contributed by atoms with Crippen LogP contribution >= 0.6 is 0 Å². The molecule has 1 aliphatic carbocycles. The van der Waals surface area contributed by atoms with Crippen LogP contribution in [0.5, 0.6) is 0 Å². The molecule has 0 aromatic carbocycles. The van der Waals surface area contributed by atoms with Gasteiger partial charge in [0.2, 0.25) is 0 Å². The zero-order valence-electron chi connectivity index (χ0n) is 8.14. The lowest BCUT2D eigenvalue weighted by Gasteiger charge is -2.01. The third-order valence-corrected chi connectivity index (χ3v) is 2.82. The summed E-state index contributed by atoms with van der Waals surface area (Å²) in [5.74, 6) is 0.252. The third-order valence-electron chi connectivity index (χ3n) is 2.82. The minimum atomic E-state index is -0.418. The molecule has 5 nitrogen and oxygen atoms in total. The van der Waals surface area contributed by atoms with Gasteiger partial charge in [0.1, 0.15) is 0 Å². The van der Waals surface area contributed by atoms with Crippen LogP contribution in [0.3, 0.4) is 0 Å². The topological polar surface area (TPSA) is 75.1 Å². The van der Waals surface area contributed by atoms with E-state index < -0.39 is 11.2 Å². The maximum absolute atomic E-state index is 11.3. The number of hydrogen-bond donors (Lipinski definition) is 2. The highest BCUT2D eigenvalue weighted by atomic mass is 16.3. The molecule has 2 atom stereocenters. The first-order valence-corrected chi connectivity index (χ1v) is 4.73. The van der Waals surface area contributed by atoms with E-state index in [0.717, 1.165) is 5.57 Å². The summed E-state index contributed by atoms with van der Waals surface area (Å²) >= 11 is 0. The van der Waals surface area contributed by atoms with Gasteiger partial charge in [-0.3, -0.25) is 14.3 Å². The van der Waals surface area contributed by atoms with E-state index in [1.54, 1.807) is 0 Å². The molecule has 0 amide bonds. The van der Waals surface area contributed by atoms with E-state index in [1.807, 2.05) is 0 Å². The van der Waals surface area contributed by atoms with E-state index in [2.05, 4.69) is 11.6 Å². The van der Waals surface area contributed by atoms with Gasteiger partial charge in [0.25, 0.3) is 5.56 Å². The smallest absolute Gasteiger partial charge is 0.328 e. The zero-order chi connectivity index (χ0) is 11.0. The van der Waals surface area contributed by atoms with Gasteiger partial charge in [-0.25, -0.2) is 4.79 Å². The minimum Gasteiger partial charge on any atom is -0.396 e. The van der Waals surface area contributed by atoms with Crippen LogP contribution in [0.15, 0.2) is 34.0 Å². The lowest BCUT2D eigenvalue weighted by Crippen LogP contribution is -2.29. The second kappa shape index (κ2) is 3.51. The summed E-state index contributed by atoms with van der Waals surface area (Å²) in [5, 5.41) is 8.93. The molecule has 0 saturated heterocycles. The van der Waals surface area contributed by atoms with Gasteiger partial charge in [-0.1, -0.05) is 12.2 Å². The average Bonchev–Trinajstić information content (AvgIpc) is 2.81. The summed E-state index contributed by atoms with van der Waals surface area (Å²) in [6.07, 6.45) is 1.46. The number of aliphatic hydroxyl groups excluding tert-OH is 1. The van der Waals surface area contributed by atoms with E-state index in [1.165, 1.54) is 16.8 Å². The Labute approximate surface area is 85.7 Å². The molecular weight excluding hydrogens is 196 g/mol. The Balaban J connectivity index is 2.16. The molecule has 1 saturated carbocycles. The van der Waals surface area contributed by atoms with Crippen LogP contribution in [0.1, 0.15) is 0 Å². The fraction of sp³-hybridized carbons (Fsp3) is 0.400. The molecule has 15 heavy (non-hydrogen) atoms. The molecule has 1 aliphatic rings. The summed E-state index contributed by atoms with van der Waals surface area (Å²) in [5.41, 5.74) is 0.152. The maximum atomic E-state index is 11.3. The van der Waals surface area contributed by atoms with Gasteiger partial charge >= 0.3 is 5.69 Å². The van der Waals surface area contributed by atoms with Crippen molar-refractivity contribution < 1.29 is 5.11 Å². The summed E-state index contributed by atoms with van der Waals surface area (Å²) < 4.78 is 1.42. The first-order chi connectivity index (χ1) is 7.13. The fourth-order valence-electron chi connectivity index (χ4n) is 1.73. The molecule has 2 rings (SSSR count). The van der Waals surface area contributed by atoms with Crippen LogP contribution in [0, 0.1) is 11.8 Å². The van der Waals surface area contributed by atoms with E-state index in [9.17, 15) is 9.59 Å². The molecule has 0 unspecified atom stereocenters. The van der Waals surface area contributed by atoms with Crippen LogP contribution in [0.2, 0.25) is 0 Å². The quantitative estimate of drug-likeness (QED) is 0.647. The number of nitrogens with one attached hydrogen (secondary N) is 1. The molecule has 0 bridgehead atoms. The Morgan fingerprint density at radius 2 is 2.20 bits per heavy atom. The van der Waals surface area contributed by atoms with Crippen molar-refractivity contribution in [2.24, 2.45) is 11.8 Å². The molecule has 1 aromatic heterocycles. The molecule has 5 heteroatoms. The first-order valence-electron chi connectivity index (χ1n) is 4.73. The average molecular weight is 208 g/mol. The van der Waals surface area contributed by atoms with Gasteiger partial charge in [-0.05, 0) is 0 Å². The number of rotatable bonds is 3. The van der Waals surface area contributed by atoms with Crippen molar-refractivity contribution in [2.75, 3.05) is 6.61 Å². The van der Waals surface area contributed by atoms with E-state index in [0.29, 0.717) is 6.54 Å². The van der Waals surface area contributed by atoms with Crippen LogP contribution in [-0.2, 0) is 6.54 Å². The Bertz CT molecular complexity index is 500. The van der Waals surface area contributed by atoms with E-state index in [-0.39, 0.29) is 18.4 Å². The normalized spacial score (nSPS) is 24.2. The van der Waals surface area contributed by atoms with Gasteiger partial charge in [0, 0.05) is 30.6 Å². The molecule has 1 fully saturated rings. The van der Waals surface area contributed by atoms with Crippen molar-refractivity contribution >= 4 is 0 Å². The van der Waals surface area contributed by atoms with Gasteiger partial charge in [0.05, 0.1) is 6.61 Å². The Hall–Kier alpha value is -1.62. The highest BCUT2D eigenvalue weighted by Gasteiger charge is 2.41. The lowest BCUT2D eigenvalue weighted by atomic mass is 10.3. The second-order valence-electron chi connectivity index (χ2n) is 3.73. The van der Waals surface area contributed by atoms with Crippen molar-refractivity contribution in [3.05, 3.63) is 45.3 Å². The first kappa shape index (κ1) is 9.92. The summed E-state index contributed by atoms with van der Waals surface area (Å²) in [4.78, 5) is 24.3. The van der Waals surface area contributed by atoms with E-state index in [4.69, 9.17) is 5.11 Å². The molecule has 0 aliphatic heterocycles. The number of H-pyrrole nitrogens is 1. The lowest BCUT2D eigenvalue weighted by molar-refractivity contribution is 0.268. The Morgan fingerprint density at radius 3 is 2.73 bits per heavy atom. The molecule has 2 N–H and O–H groups in total. The van der Waals surface area contributed by atoms with Gasteiger partial charge in [-0.2, -0.15) is 0 Å². The summed E-state index contributed by atoms with van der Waals surface area (Å²) in [7, 11) is 0. The standard InChI is InChI=1S/C10H12N2O3/c1-6-7(8(6)5-13)4-12-3-2-9(14)11-10(12)15/h2-3,7-8,13H,1,4-5H2,(H,11,14,15)/t7-,8-/m0/s1. The van der Waals surface area contributed by atoms with Gasteiger partial charge in [-0.15, -0.1) is 0 Å². The largest absolute Gasteiger partial charge is 0.396 e. The minimum absolute atomic E-state index is 0.0710. The number of aromatic amines is 1. The molecule has 0 radical (unpaired) electrons. The number of aromatic nitrogens is 2. The molecule has 1 heterocycles. The predicted molar refractivity (Wildman–Crippen MR) is 54.5 cm³/mol. The van der Waals surface area contributed by atoms with Crippen molar-refractivity contribution in [3.8, 4) is 0 Å². The number of aliphatic hydroxyl groups is 1. The highest BCUT2D eigenvalue weighted by Crippen LogP contribution is 2.44. The van der Waals surface area contributed by atoms with Crippen LogP contribution in [0.25, 0.3) is 0 Å². The monoisotopic (exact) mass is 208 g/mol. The number of nitrogens with zero attached hydrogens (tertiary/aromatic N) is 1. The third kappa shape index (κ3) is 1.78. The molecular formula is C10H12N2O3. The fourth-order valence-corrected chi connectivity index (χ4v) is 1.73. The maximum Gasteiger partial charge on any atom is 0.328 e.